The molecular formula is C24H26N6O2. The fourth-order valence-corrected chi connectivity index (χ4v) is 3.18. The normalized spacial score (nSPS) is 15.8. The Bertz CT molecular complexity index is 1090. The molecule has 2 aromatic rings. The van der Waals surface area contributed by atoms with Gasteiger partial charge < -0.3 is 9.94 Å². The third-order valence-corrected chi connectivity index (χ3v) is 4.77. The van der Waals surface area contributed by atoms with E-state index in [9.17, 15) is 5.11 Å². The van der Waals surface area contributed by atoms with E-state index in [0.717, 1.165) is 30.9 Å². The molecule has 3 rings (SSSR count). The number of aromatic nitrogens is 3. The average Bonchev–Trinajstić information content (AvgIpc) is 3.25. The monoisotopic (exact) mass is 430 g/mol. The van der Waals surface area contributed by atoms with E-state index in [1.54, 1.807) is 42.2 Å². The molecule has 1 atom stereocenters. The second kappa shape index (κ2) is 11.1. The lowest BCUT2D eigenvalue weighted by Gasteiger charge is -2.34. The Balaban J connectivity index is 1.81. The number of hydrogen-bond donors (Lipinski definition) is 1. The standard InChI is InChI=1S/C24H26N6O2/c1-4-6-21(24(28-32-5-2)30-12-11-26-23(30)18(3)31)9-7-19-8-10-22(27-14-19)17-29-15-20(13-25)16-29/h4,6,8,10-12,14,18,20,31H,1,5,15-17H2,2-3H3/b21-6-,28-24+/t18-/m0/s1. The van der Waals surface area contributed by atoms with Crippen LogP contribution in [0.1, 0.15) is 37.0 Å². The molecule has 0 radical (unpaired) electrons. The molecule has 0 bridgehead atoms. The van der Waals surface area contributed by atoms with Crippen LogP contribution in [0.25, 0.3) is 0 Å². The zero-order valence-corrected chi connectivity index (χ0v) is 18.3. The molecule has 164 valence electrons. The molecule has 1 fully saturated rings. The van der Waals surface area contributed by atoms with Gasteiger partial charge in [-0.15, -0.1) is 0 Å². The predicted molar refractivity (Wildman–Crippen MR) is 121 cm³/mol. The first-order valence-corrected chi connectivity index (χ1v) is 10.4. The minimum atomic E-state index is -0.790. The van der Waals surface area contributed by atoms with E-state index in [2.05, 4.69) is 44.5 Å². The highest BCUT2D eigenvalue weighted by Crippen LogP contribution is 2.17. The molecule has 1 aliphatic rings. The predicted octanol–water partition coefficient (Wildman–Crippen LogP) is 2.65. The van der Waals surface area contributed by atoms with Crippen molar-refractivity contribution in [3.05, 3.63) is 72.1 Å². The number of imidazole rings is 1. The van der Waals surface area contributed by atoms with Crippen LogP contribution in [-0.4, -0.2) is 50.1 Å². The molecule has 1 aliphatic heterocycles. The number of likely N-dealkylation sites (tertiary alicyclic amines) is 1. The van der Waals surface area contributed by atoms with E-state index in [4.69, 9.17) is 10.1 Å². The minimum absolute atomic E-state index is 0.132. The van der Waals surface area contributed by atoms with Gasteiger partial charge in [0.2, 0.25) is 0 Å². The molecule has 0 unspecified atom stereocenters. The molecule has 0 aliphatic carbocycles. The van der Waals surface area contributed by atoms with E-state index >= 15 is 0 Å². The molecule has 8 heteroatoms. The van der Waals surface area contributed by atoms with Crippen LogP contribution in [0.2, 0.25) is 0 Å². The molecule has 3 heterocycles. The SMILES string of the molecule is C=C/C=C(C#Cc1ccc(CN2CC(C#N)C2)nc1)\C(=N/OCC)n1ccnc1[C@H](C)O. The van der Waals surface area contributed by atoms with Crippen molar-refractivity contribution in [3.8, 4) is 17.9 Å². The molecule has 0 amide bonds. The summed E-state index contributed by atoms with van der Waals surface area (Å²) >= 11 is 0. The summed E-state index contributed by atoms with van der Waals surface area (Å²) in [5.74, 6) is 7.18. The summed E-state index contributed by atoms with van der Waals surface area (Å²) in [6.45, 7) is 9.93. The lowest BCUT2D eigenvalue weighted by Crippen LogP contribution is -2.45. The van der Waals surface area contributed by atoms with Gasteiger partial charge in [-0.1, -0.05) is 29.7 Å². The lowest BCUT2D eigenvalue weighted by atomic mass is 10.0. The van der Waals surface area contributed by atoms with Gasteiger partial charge in [-0.05, 0) is 32.1 Å². The Hall–Kier alpha value is -3.72. The highest BCUT2D eigenvalue weighted by molar-refractivity contribution is 6.04. The van der Waals surface area contributed by atoms with Gasteiger partial charge in [0.15, 0.2) is 5.84 Å². The maximum Gasteiger partial charge on any atom is 0.193 e. The van der Waals surface area contributed by atoms with Crippen molar-refractivity contribution in [2.45, 2.75) is 26.5 Å². The molecule has 2 aromatic heterocycles. The number of oxime groups is 1. The number of aliphatic hydroxyl groups is 1. The van der Waals surface area contributed by atoms with Gasteiger partial charge in [0.1, 0.15) is 18.5 Å². The number of hydrogen-bond acceptors (Lipinski definition) is 7. The van der Waals surface area contributed by atoms with Gasteiger partial charge in [0, 0.05) is 43.8 Å². The van der Waals surface area contributed by atoms with E-state index in [0.29, 0.717) is 23.8 Å². The van der Waals surface area contributed by atoms with Gasteiger partial charge in [0.25, 0.3) is 0 Å². The van der Waals surface area contributed by atoms with Crippen molar-refractivity contribution in [1.82, 2.24) is 19.4 Å². The fraction of sp³-hybridized carbons (Fsp3) is 0.333. The van der Waals surface area contributed by atoms with E-state index < -0.39 is 6.10 Å². The summed E-state index contributed by atoms with van der Waals surface area (Å²) in [4.78, 5) is 16.2. The summed E-state index contributed by atoms with van der Waals surface area (Å²) < 4.78 is 1.65. The highest BCUT2D eigenvalue weighted by Gasteiger charge is 2.26. The first kappa shape index (κ1) is 23.0. The van der Waals surface area contributed by atoms with Crippen molar-refractivity contribution in [2.75, 3.05) is 19.7 Å². The Kier molecular flexibility index (Phi) is 7.93. The number of rotatable bonds is 7. The first-order chi connectivity index (χ1) is 15.5. The first-order valence-electron chi connectivity index (χ1n) is 10.4. The van der Waals surface area contributed by atoms with Gasteiger partial charge in [-0.3, -0.25) is 14.5 Å². The number of nitrogens with zero attached hydrogens (tertiary/aromatic N) is 6. The van der Waals surface area contributed by atoms with Crippen LogP contribution in [0.3, 0.4) is 0 Å². The van der Waals surface area contributed by atoms with E-state index in [-0.39, 0.29) is 5.92 Å². The summed E-state index contributed by atoms with van der Waals surface area (Å²) in [5, 5.41) is 23.1. The molecule has 0 spiro atoms. The van der Waals surface area contributed by atoms with Crippen LogP contribution in [0, 0.1) is 29.1 Å². The third kappa shape index (κ3) is 5.70. The van der Waals surface area contributed by atoms with Crippen molar-refractivity contribution in [2.24, 2.45) is 11.1 Å². The molecule has 32 heavy (non-hydrogen) atoms. The molecule has 1 saturated heterocycles. The van der Waals surface area contributed by atoms with Gasteiger partial charge in [0.05, 0.1) is 23.3 Å². The van der Waals surface area contributed by atoms with Gasteiger partial charge >= 0.3 is 0 Å². The summed E-state index contributed by atoms with van der Waals surface area (Å²) in [5.41, 5.74) is 2.24. The van der Waals surface area contributed by atoms with Gasteiger partial charge in [-0.25, -0.2) is 4.98 Å². The van der Waals surface area contributed by atoms with Crippen LogP contribution in [0.15, 0.2) is 60.2 Å². The molecule has 8 nitrogen and oxygen atoms in total. The number of allylic oxidation sites excluding steroid dienone is 3. The van der Waals surface area contributed by atoms with Crippen molar-refractivity contribution in [3.63, 3.8) is 0 Å². The summed E-state index contributed by atoms with van der Waals surface area (Å²) in [6, 6.07) is 6.13. The van der Waals surface area contributed by atoms with Crippen LogP contribution in [-0.2, 0) is 11.4 Å². The minimum Gasteiger partial charge on any atom is -0.394 e. The van der Waals surface area contributed by atoms with Crippen LogP contribution in [0.4, 0.5) is 0 Å². The average molecular weight is 431 g/mol. The van der Waals surface area contributed by atoms with Crippen molar-refractivity contribution in [1.29, 1.82) is 5.26 Å². The maximum absolute atomic E-state index is 10.0. The Morgan fingerprint density at radius 1 is 1.44 bits per heavy atom. The summed E-state index contributed by atoms with van der Waals surface area (Å²) in [7, 11) is 0. The zero-order valence-electron chi connectivity index (χ0n) is 18.3. The van der Waals surface area contributed by atoms with Crippen LogP contribution in [0.5, 0.6) is 0 Å². The van der Waals surface area contributed by atoms with Gasteiger partial charge in [-0.2, -0.15) is 5.26 Å². The molecular weight excluding hydrogens is 404 g/mol. The molecule has 0 aromatic carbocycles. The third-order valence-electron chi connectivity index (χ3n) is 4.77. The lowest BCUT2D eigenvalue weighted by molar-refractivity contribution is 0.125. The Labute approximate surface area is 188 Å². The topological polar surface area (TPSA) is 99.6 Å². The van der Waals surface area contributed by atoms with Crippen molar-refractivity contribution < 1.29 is 9.94 Å². The van der Waals surface area contributed by atoms with E-state index in [1.807, 2.05) is 19.1 Å². The Morgan fingerprint density at radius 3 is 2.88 bits per heavy atom. The fourth-order valence-electron chi connectivity index (χ4n) is 3.18. The molecule has 0 saturated carbocycles. The maximum atomic E-state index is 10.0. The second-order valence-electron chi connectivity index (χ2n) is 7.29. The smallest absolute Gasteiger partial charge is 0.193 e. The summed E-state index contributed by atoms with van der Waals surface area (Å²) in [6.07, 6.45) is 7.57. The highest BCUT2D eigenvalue weighted by atomic mass is 16.6. The quantitative estimate of drug-likeness (QED) is 0.238. The second-order valence-corrected chi connectivity index (χ2v) is 7.29. The number of aliphatic hydroxyl groups excluding tert-OH is 1. The van der Waals surface area contributed by atoms with Crippen molar-refractivity contribution >= 4 is 5.84 Å². The van der Waals surface area contributed by atoms with Crippen LogP contribution >= 0.6 is 0 Å². The molecule has 1 N–H and O–H groups in total. The van der Waals surface area contributed by atoms with Crippen LogP contribution < -0.4 is 0 Å². The van der Waals surface area contributed by atoms with E-state index in [1.165, 1.54) is 0 Å². The Morgan fingerprint density at radius 2 is 2.25 bits per heavy atom. The largest absolute Gasteiger partial charge is 0.394 e. The number of nitriles is 1. The zero-order chi connectivity index (χ0) is 22.9. The number of pyridine rings is 1.